The molecule has 0 bridgehead atoms. The normalized spacial score (nSPS) is 10.5. The third-order valence-electron chi connectivity index (χ3n) is 2.49. The summed E-state index contributed by atoms with van der Waals surface area (Å²) in [6, 6.07) is 8.09. The lowest BCUT2D eigenvalue weighted by Crippen LogP contribution is -2.08. The molecule has 0 radical (unpaired) electrons. The van der Waals surface area contributed by atoms with Crippen LogP contribution in [-0.4, -0.2) is 16.9 Å². The molecule has 0 aliphatic rings. The average molecular weight is 259 g/mol. The SMILES string of the molecule is CC(C)Oc1cccc(C(=O)c2ccncc2F)c1. The van der Waals surface area contributed by atoms with E-state index >= 15 is 0 Å². The monoisotopic (exact) mass is 259 g/mol. The van der Waals surface area contributed by atoms with Crippen LogP contribution in [0.2, 0.25) is 0 Å². The average Bonchev–Trinajstić information content (AvgIpc) is 2.38. The van der Waals surface area contributed by atoms with Crippen molar-refractivity contribution < 1.29 is 13.9 Å². The summed E-state index contributed by atoms with van der Waals surface area (Å²) in [5.41, 5.74) is 0.403. The van der Waals surface area contributed by atoms with E-state index in [0.717, 1.165) is 6.20 Å². The van der Waals surface area contributed by atoms with Gasteiger partial charge in [0.15, 0.2) is 11.6 Å². The van der Waals surface area contributed by atoms with Crippen molar-refractivity contribution in [3.63, 3.8) is 0 Å². The first kappa shape index (κ1) is 13.2. The molecule has 98 valence electrons. The van der Waals surface area contributed by atoms with Crippen molar-refractivity contribution in [2.75, 3.05) is 0 Å². The molecule has 4 heteroatoms. The van der Waals surface area contributed by atoms with Gasteiger partial charge in [0.2, 0.25) is 0 Å². The number of aromatic nitrogens is 1. The highest BCUT2D eigenvalue weighted by molar-refractivity contribution is 6.09. The zero-order valence-electron chi connectivity index (χ0n) is 10.8. The minimum atomic E-state index is -0.623. The fraction of sp³-hybridized carbons (Fsp3) is 0.200. The number of ether oxygens (including phenoxy) is 1. The van der Waals surface area contributed by atoms with Crippen LogP contribution in [0.25, 0.3) is 0 Å². The summed E-state index contributed by atoms with van der Waals surface area (Å²) < 4.78 is 19.0. The van der Waals surface area contributed by atoms with E-state index in [2.05, 4.69) is 4.98 Å². The Morgan fingerprint density at radius 1 is 1.32 bits per heavy atom. The molecular formula is C15H14FNO2. The van der Waals surface area contributed by atoms with E-state index in [-0.39, 0.29) is 17.5 Å². The van der Waals surface area contributed by atoms with Crippen LogP contribution < -0.4 is 4.74 Å². The number of hydrogen-bond donors (Lipinski definition) is 0. The van der Waals surface area contributed by atoms with Crippen molar-refractivity contribution in [2.24, 2.45) is 0 Å². The molecule has 2 rings (SSSR count). The fourth-order valence-electron chi connectivity index (χ4n) is 1.70. The Balaban J connectivity index is 2.32. The molecule has 1 aromatic heterocycles. The number of carbonyl (C=O) groups is 1. The number of ketones is 1. The molecule has 0 N–H and O–H groups in total. The van der Waals surface area contributed by atoms with Gasteiger partial charge in [0.25, 0.3) is 0 Å². The Morgan fingerprint density at radius 3 is 2.79 bits per heavy atom. The number of pyridine rings is 1. The Bertz CT molecular complexity index is 596. The van der Waals surface area contributed by atoms with Crippen molar-refractivity contribution in [3.05, 3.63) is 59.7 Å². The molecule has 0 aliphatic heterocycles. The topological polar surface area (TPSA) is 39.2 Å². The molecule has 0 atom stereocenters. The largest absolute Gasteiger partial charge is 0.491 e. The summed E-state index contributed by atoms with van der Waals surface area (Å²) in [5.74, 6) is -0.410. The maximum atomic E-state index is 13.5. The maximum Gasteiger partial charge on any atom is 0.196 e. The van der Waals surface area contributed by atoms with Gasteiger partial charge in [-0.25, -0.2) is 4.39 Å². The van der Waals surface area contributed by atoms with Gasteiger partial charge in [0.05, 0.1) is 17.9 Å². The number of halogens is 1. The number of hydrogen-bond acceptors (Lipinski definition) is 3. The smallest absolute Gasteiger partial charge is 0.196 e. The minimum Gasteiger partial charge on any atom is -0.491 e. The number of nitrogens with zero attached hydrogens (tertiary/aromatic N) is 1. The summed E-state index contributed by atoms with van der Waals surface area (Å²) in [6.45, 7) is 3.80. The van der Waals surface area contributed by atoms with Crippen LogP contribution in [0.15, 0.2) is 42.7 Å². The molecule has 0 saturated carbocycles. The zero-order chi connectivity index (χ0) is 13.8. The van der Waals surface area contributed by atoms with Crippen molar-refractivity contribution in [3.8, 4) is 5.75 Å². The first-order valence-electron chi connectivity index (χ1n) is 5.99. The second-order valence-electron chi connectivity index (χ2n) is 4.38. The standard InChI is InChI=1S/C15H14FNO2/c1-10(2)19-12-5-3-4-11(8-12)15(18)13-6-7-17-9-14(13)16/h3-10H,1-2H3. The van der Waals surface area contributed by atoms with Crippen LogP contribution in [0.5, 0.6) is 5.75 Å². The lowest BCUT2D eigenvalue weighted by atomic mass is 10.0. The number of carbonyl (C=O) groups excluding carboxylic acids is 1. The minimum absolute atomic E-state index is 0.0108. The van der Waals surface area contributed by atoms with Gasteiger partial charge in [-0.1, -0.05) is 12.1 Å². The molecule has 3 nitrogen and oxygen atoms in total. The predicted molar refractivity (Wildman–Crippen MR) is 69.8 cm³/mol. The predicted octanol–water partition coefficient (Wildman–Crippen LogP) is 3.24. The van der Waals surface area contributed by atoms with E-state index in [1.165, 1.54) is 12.3 Å². The Kier molecular flexibility index (Phi) is 3.90. The van der Waals surface area contributed by atoms with Gasteiger partial charge in [-0.3, -0.25) is 9.78 Å². The molecule has 0 saturated heterocycles. The van der Waals surface area contributed by atoms with E-state index in [1.54, 1.807) is 24.3 Å². The Morgan fingerprint density at radius 2 is 2.11 bits per heavy atom. The van der Waals surface area contributed by atoms with Crippen LogP contribution in [0, 0.1) is 5.82 Å². The fourth-order valence-corrected chi connectivity index (χ4v) is 1.70. The summed E-state index contributed by atoms with van der Waals surface area (Å²) in [5, 5.41) is 0. The van der Waals surface area contributed by atoms with Crippen LogP contribution in [0.4, 0.5) is 4.39 Å². The molecule has 0 aliphatic carbocycles. The van der Waals surface area contributed by atoms with Crippen molar-refractivity contribution in [1.29, 1.82) is 0 Å². The van der Waals surface area contributed by atoms with Gasteiger partial charge in [-0.15, -0.1) is 0 Å². The van der Waals surface area contributed by atoms with Gasteiger partial charge >= 0.3 is 0 Å². The highest BCUT2D eigenvalue weighted by Crippen LogP contribution is 2.18. The van der Waals surface area contributed by atoms with Crippen molar-refractivity contribution in [1.82, 2.24) is 4.98 Å². The van der Waals surface area contributed by atoms with E-state index in [4.69, 9.17) is 4.74 Å². The second-order valence-corrected chi connectivity index (χ2v) is 4.38. The molecule has 1 aromatic carbocycles. The Labute approximate surface area is 111 Å². The summed E-state index contributed by atoms with van der Waals surface area (Å²) >= 11 is 0. The first-order valence-corrected chi connectivity index (χ1v) is 5.99. The highest BCUT2D eigenvalue weighted by Gasteiger charge is 2.14. The summed E-state index contributed by atoms with van der Waals surface area (Å²) in [7, 11) is 0. The molecule has 0 fully saturated rings. The van der Waals surface area contributed by atoms with Crippen LogP contribution in [-0.2, 0) is 0 Å². The number of benzene rings is 1. The molecule has 0 amide bonds. The zero-order valence-corrected chi connectivity index (χ0v) is 10.8. The van der Waals surface area contributed by atoms with E-state index in [0.29, 0.717) is 11.3 Å². The van der Waals surface area contributed by atoms with Crippen molar-refractivity contribution >= 4 is 5.78 Å². The quantitative estimate of drug-likeness (QED) is 0.791. The second kappa shape index (κ2) is 5.61. The lowest BCUT2D eigenvalue weighted by molar-refractivity contribution is 0.103. The summed E-state index contributed by atoms with van der Waals surface area (Å²) in [4.78, 5) is 15.8. The highest BCUT2D eigenvalue weighted by atomic mass is 19.1. The van der Waals surface area contributed by atoms with Crippen LogP contribution >= 0.6 is 0 Å². The molecule has 0 spiro atoms. The number of rotatable bonds is 4. The van der Waals surface area contributed by atoms with E-state index < -0.39 is 5.82 Å². The summed E-state index contributed by atoms with van der Waals surface area (Å²) in [6.07, 6.45) is 2.44. The maximum absolute atomic E-state index is 13.5. The van der Waals surface area contributed by atoms with E-state index in [1.807, 2.05) is 13.8 Å². The van der Waals surface area contributed by atoms with E-state index in [9.17, 15) is 9.18 Å². The Hall–Kier alpha value is -2.23. The molecule has 1 heterocycles. The molecule has 2 aromatic rings. The molecule has 19 heavy (non-hydrogen) atoms. The molecular weight excluding hydrogens is 245 g/mol. The third kappa shape index (κ3) is 3.16. The van der Waals surface area contributed by atoms with Crippen LogP contribution in [0.1, 0.15) is 29.8 Å². The van der Waals surface area contributed by atoms with Crippen LogP contribution in [0.3, 0.4) is 0 Å². The van der Waals surface area contributed by atoms with Gasteiger partial charge in [-0.2, -0.15) is 0 Å². The lowest BCUT2D eigenvalue weighted by Gasteiger charge is -2.10. The first-order chi connectivity index (χ1) is 9.08. The van der Waals surface area contributed by atoms with Gasteiger partial charge in [0, 0.05) is 11.8 Å². The van der Waals surface area contributed by atoms with Gasteiger partial charge in [-0.05, 0) is 32.0 Å². The third-order valence-corrected chi connectivity index (χ3v) is 2.49. The molecule has 0 unspecified atom stereocenters. The van der Waals surface area contributed by atoms with Gasteiger partial charge in [0.1, 0.15) is 5.75 Å². The van der Waals surface area contributed by atoms with Gasteiger partial charge < -0.3 is 4.74 Å². The van der Waals surface area contributed by atoms with Crippen molar-refractivity contribution in [2.45, 2.75) is 20.0 Å².